The Balaban J connectivity index is 2.45. The molecule has 0 aliphatic rings. The number of urea groups is 1. The van der Waals surface area contributed by atoms with E-state index in [9.17, 15) is 4.79 Å². The first-order valence-electron chi connectivity index (χ1n) is 5.45. The van der Waals surface area contributed by atoms with E-state index < -0.39 is 0 Å². The maximum Gasteiger partial charge on any atom is 0.319 e. The minimum absolute atomic E-state index is 0.184. The molecule has 16 heavy (non-hydrogen) atoms. The molecule has 0 heterocycles. The summed E-state index contributed by atoms with van der Waals surface area (Å²) in [6.45, 7) is 4.08. The number of rotatable bonds is 4. The average Bonchev–Trinajstić information content (AvgIpc) is 2.17. The Labute approximate surface area is 101 Å². The molecule has 0 bridgehead atoms. The summed E-state index contributed by atoms with van der Waals surface area (Å²) in [5.41, 5.74) is 0.702. The van der Waals surface area contributed by atoms with Gasteiger partial charge in [0.1, 0.15) is 0 Å². The second kappa shape index (κ2) is 6.38. The third-order valence-corrected chi connectivity index (χ3v) is 2.42. The van der Waals surface area contributed by atoms with Gasteiger partial charge in [-0.25, -0.2) is 4.79 Å². The molecule has 4 heteroatoms. The van der Waals surface area contributed by atoms with Crippen LogP contribution in [-0.2, 0) is 0 Å². The standard InChI is InChI=1S/C12H17ClN2O/c1-3-5-9(2)14-12(16)15-11-7-4-6-10(13)8-11/h4,6-9H,3,5H2,1-2H3,(H2,14,15,16)/t9-/m1/s1. The molecule has 2 N–H and O–H groups in total. The van der Waals surface area contributed by atoms with Crippen LogP contribution in [0.2, 0.25) is 5.02 Å². The SMILES string of the molecule is CCC[C@@H](C)NC(=O)Nc1cccc(Cl)c1. The van der Waals surface area contributed by atoms with Crippen molar-refractivity contribution in [1.29, 1.82) is 0 Å². The van der Waals surface area contributed by atoms with Gasteiger partial charge in [0.2, 0.25) is 0 Å². The van der Waals surface area contributed by atoms with Gasteiger partial charge in [0, 0.05) is 16.8 Å². The first-order valence-corrected chi connectivity index (χ1v) is 5.82. The quantitative estimate of drug-likeness (QED) is 0.829. The van der Waals surface area contributed by atoms with Crippen molar-refractivity contribution in [3.05, 3.63) is 29.3 Å². The summed E-state index contributed by atoms with van der Waals surface area (Å²) in [6, 6.07) is 7.08. The van der Waals surface area contributed by atoms with Crippen molar-refractivity contribution in [2.45, 2.75) is 32.7 Å². The Bertz CT molecular complexity index is 355. The van der Waals surface area contributed by atoms with Crippen LogP contribution in [0.3, 0.4) is 0 Å². The highest BCUT2D eigenvalue weighted by Gasteiger charge is 2.06. The first kappa shape index (κ1) is 12.8. The number of amides is 2. The number of carbonyl (C=O) groups is 1. The van der Waals surface area contributed by atoms with E-state index in [0.717, 1.165) is 12.8 Å². The zero-order valence-electron chi connectivity index (χ0n) is 9.59. The predicted molar refractivity (Wildman–Crippen MR) is 68.0 cm³/mol. The number of nitrogens with one attached hydrogen (secondary N) is 2. The van der Waals surface area contributed by atoms with Gasteiger partial charge in [0.25, 0.3) is 0 Å². The minimum Gasteiger partial charge on any atom is -0.335 e. The van der Waals surface area contributed by atoms with E-state index in [1.165, 1.54) is 0 Å². The maximum atomic E-state index is 11.5. The maximum absolute atomic E-state index is 11.5. The highest BCUT2D eigenvalue weighted by Crippen LogP contribution is 2.14. The molecule has 0 radical (unpaired) electrons. The summed E-state index contributed by atoms with van der Waals surface area (Å²) in [7, 11) is 0. The Kier molecular flexibility index (Phi) is 5.12. The molecule has 0 aliphatic heterocycles. The molecule has 0 aliphatic carbocycles. The second-order valence-corrected chi connectivity index (χ2v) is 4.23. The summed E-state index contributed by atoms with van der Waals surface area (Å²) >= 11 is 5.81. The van der Waals surface area contributed by atoms with E-state index in [1.54, 1.807) is 24.3 Å². The fourth-order valence-electron chi connectivity index (χ4n) is 1.46. The van der Waals surface area contributed by atoms with Gasteiger partial charge in [-0.3, -0.25) is 0 Å². The summed E-state index contributed by atoms with van der Waals surface area (Å²) in [5.74, 6) is 0. The van der Waals surface area contributed by atoms with Crippen molar-refractivity contribution in [3.8, 4) is 0 Å². The number of hydrogen-bond donors (Lipinski definition) is 2. The molecule has 0 saturated heterocycles. The van der Waals surface area contributed by atoms with Crippen LogP contribution < -0.4 is 10.6 Å². The number of anilines is 1. The molecule has 0 fully saturated rings. The Hall–Kier alpha value is -1.22. The minimum atomic E-state index is -0.191. The molecule has 0 aromatic heterocycles. The lowest BCUT2D eigenvalue weighted by atomic mass is 10.2. The monoisotopic (exact) mass is 240 g/mol. The van der Waals surface area contributed by atoms with Gasteiger partial charge >= 0.3 is 6.03 Å². The predicted octanol–water partition coefficient (Wildman–Crippen LogP) is 3.65. The lowest BCUT2D eigenvalue weighted by Crippen LogP contribution is -2.35. The molecular formula is C12H17ClN2O. The van der Waals surface area contributed by atoms with Crippen LogP contribution in [0.1, 0.15) is 26.7 Å². The van der Waals surface area contributed by atoms with Crippen LogP contribution in [0, 0.1) is 0 Å². The molecular weight excluding hydrogens is 224 g/mol. The average molecular weight is 241 g/mol. The fourth-order valence-corrected chi connectivity index (χ4v) is 1.65. The van der Waals surface area contributed by atoms with Gasteiger partial charge in [-0.1, -0.05) is 31.0 Å². The molecule has 1 atom stereocenters. The van der Waals surface area contributed by atoms with E-state index in [0.29, 0.717) is 10.7 Å². The summed E-state index contributed by atoms with van der Waals surface area (Å²) < 4.78 is 0. The molecule has 88 valence electrons. The number of benzene rings is 1. The third-order valence-electron chi connectivity index (χ3n) is 2.18. The van der Waals surface area contributed by atoms with Crippen LogP contribution in [0.5, 0.6) is 0 Å². The van der Waals surface area contributed by atoms with E-state index in [-0.39, 0.29) is 12.1 Å². The molecule has 0 saturated carbocycles. The van der Waals surface area contributed by atoms with Gasteiger partial charge in [0.15, 0.2) is 0 Å². The summed E-state index contributed by atoms with van der Waals surface area (Å²) in [5, 5.41) is 6.20. The Morgan fingerprint density at radius 3 is 2.88 bits per heavy atom. The third kappa shape index (κ3) is 4.53. The van der Waals surface area contributed by atoms with Gasteiger partial charge in [-0.15, -0.1) is 0 Å². The zero-order chi connectivity index (χ0) is 12.0. The van der Waals surface area contributed by atoms with Crippen molar-refractivity contribution in [1.82, 2.24) is 5.32 Å². The lowest BCUT2D eigenvalue weighted by Gasteiger charge is -2.13. The van der Waals surface area contributed by atoms with Crippen LogP contribution in [0.4, 0.5) is 10.5 Å². The molecule has 3 nitrogen and oxygen atoms in total. The highest BCUT2D eigenvalue weighted by atomic mass is 35.5. The number of carbonyl (C=O) groups excluding carboxylic acids is 1. The summed E-state index contributed by atoms with van der Waals surface area (Å²) in [6.07, 6.45) is 2.03. The van der Waals surface area contributed by atoms with Crippen LogP contribution in [0.15, 0.2) is 24.3 Å². The van der Waals surface area contributed by atoms with Crippen molar-refractivity contribution in [2.24, 2.45) is 0 Å². The van der Waals surface area contributed by atoms with E-state index in [2.05, 4.69) is 17.6 Å². The van der Waals surface area contributed by atoms with Crippen LogP contribution >= 0.6 is 11.6 Å². The first-order chi connectivity index (χ1) is 7.61. The van der Waals surface area contributed by atoms with E-state index in [4.69, 9.17) is 11.6 Å². The van der Waals surface area contributed by atoms with Gasteiger partial charge in [0.05, 0.1) is 0 Å². The fraction of sp³-hybridized carbons (Fsp3) is 0.417. The van der Waals surface area contributed by atoms with Gasteiger partial charge in [-0.2, -0.15) is 0 Å². The van der Waals surface area contributed by atoms with Crippen molar-refractivity contribution in [3.63, 3.8) is 0 Å². The van der Waals surface area contributed by atoms with Crippen LogP contribution in [0.25, 0.3) is 0 Å². The van der Waals surface area contributed by atoms with E-state index in [1.807, 2.05) is 6.92 Å². The molecule has 1 aromatic carbocycles. The van der Waals surface area contributed by atoms with Crippen molar-refractivity contribution >= 4 is 23.3 Å². The number of halogens is 1. The summed E-state index contributed by atoms with van der Waals surface area (Å²) in [4.78, 5) is 11.5. The van der Waals surface area contributed by atoms with Gasteiger partial charge in [-0.05, 0) is 31.5 Å². The van der Waals surface area contributed by atoms with Crippen LogP contribution in [-0.4, -0.2) is 12.1 Å². The zero-order valence-corrected chi connectivity index (χ0v) is 10.3. The normalized spacial score (nSPS) is 11.9. The Morgan fingerprint density at radius 1 is 1.50 bits per heavy atom. The Morgan fingerprint density at radius 2 is 2.25 bits per heavy atom. The molecule has 2 amide bonds. The van der Waals surface area contributed by atoms with Gasteiger partial charge < -0.3 is 10.6 Å². The lowest BCUT2D eigenvalue weighted by molar-refractivity contribution is 0.248. The largest absolute Gasteiger partial charge is 0.335 e. The van der Waals surface area contributed by atoms with Crippen molar-refractivity contribution in [2.75, 3.05) is 5.32 Å². The molecule has 1 rings (SSSR count). The molecule has 0 unspecified atom stereocenters. The topological polar surface area (TPSA) is 41.1 Å². The number of hydrogen-bond acceptors (Lipinski definition) is 1. The molecule has 1 aromatic rings. The smallest absolute Gasteiger partial charge is 0.319 e. The van der Waals surface area contributed by atoms with E-state index >= 15 is 0 Å². The second-order valence-electron chi connectivity index (χ2n) is 3.80. The highest BCUT2D eigenvalue weighted by molar-refractivity contribution is 6.30. The molecule has 0 spiro atoms. The van der Waals surface area contributed by atoms with Crippen molar-refractivity contribution < 1.29 is 4.79 Å².